The molecule has 1 N–H and O–H groups in total. The Labute approximate surface area is 147 Å². The van der Waals surface area contributed by atoms with Crippen LogP contribution in [0.2, 0.25) is 0 Å². The molecule has 1 saturated heterocycles. The molecule has 25 heavy (non-hydrogen) atoms. The van der Waals surface area contributed by atoms with Crippen LogP contribution in [0.15, 0.2) is 42.6 Å². The SMILES string of the molecule is Cc1ccccc1NC(=O)c1ccc(N(C)C2CCS(=O)(=O)C2)cn1. The fraction of sp³-hybridized carbons (Fsp3) is 0.333. The lowest BCUT2D eigenvalue weighted by atomic mass is 10.2. The van der Waals surface area contributed by atoms with E-state index in [0.29, 0.717) is 12.1 Å². The van der Waals surface area contributed by atoms with Crippen LogP contribution in [0, 0.1) is 6.92 Å². The molecule has 1 atom stereocenters. The van der Waals surface area contributed by atoms with Gasteiger partial charge in [-0.1, -0.05) is 18.2 Å². The van der Waals surface area contributed by atoms with Gasteiger partial charge in [0, 0.05) is 18.8 Å². The Morgan fingerprint density at radius 2 is 2.00 bits per heavy atom. The number of carbonyl (C=O) groups excluding carboxylic acids is 1. The number of benzene rings is 1. The minimum absolute atomic E-state index is 0.0431. The summed E-state index contributed by atoms with van der Waals surface area (Å²) >= 11 is 0. The molecular weight excluding hydrogens is 338 g/mol. The van der Waals surface area contributed by atoms with E-state index in [1.807, 2.05) is 43.1 Å². The smallest absolute Gasteiger partial charge is 0.274 e. The third-order valence-electron chi connectivity index (χ3n) is 4.54. The third-order valence-corrected chi connectivity index (χ3v) is 6.29. The molecule has 2 heterocycles. The number of carbonyl (C=O) groups is 1. The maximum Gasteiger partial charge on any atom is 0.274 e. The fourth-order valence-corrected chi connectivity index (χ4v) is 4.69. The monoisotopic (exact) mass is 359 g/mol. The summed E-state index contributed by atoms with van der Waals surface area (Å²) < 4.78 is 23.3. The number of nitrogens with one attached hydrogen (secondary N) is 1. The molecule has 1 aliphatic rings. The Morgan fingerprint density at radius 1 is 1.24 bits per heavy atom. The van der Waals surface area contributed by atoms with E-state index in [9.17, 15) is 13.2 Å². The molecule has 0 radical (unpaired) electrons. The number of aryl methyl sites for hydroxylation is 1. The van der Waals surface area contributed by atoms with Gasteiger partial charge in [-0.3, -0.25) is 4.79 Å². The van der Waals surface area contributed by atoms with Gasteiger partial charge in [-0.05, 0) is 37.1 Å². The number of hydrogen-bond acceptors (Lipinski definition) is 5. The quantitative estimate of drug-likeness (QED) is 0.906. The fourth-order valence-electron chi connectivity index (χ4n) is 2.92. The first-order chi connectivity index (χ1) is 11.9. The summed E-state index contributed by atoms with van der Waals surface area (Å²) in [7, 11) is -1.08. The molecule has 1 fully saturated rings. The average Bonchev–Trinajstić information content (AvgIpc) is 2.96. The number of nitrogens with zero attached hydrogens (tertiary/aromatic N) is 2. The molecule has 3 rings (SSSR count). The number of amides is 1. The zero-order valence-corrected chi connectivity index (χ0v) is 15.1. The number of hydrogen-bond donors (Lipinski definition) is 1. The molecule has 0 saturated carbocycles. The second-order valence-electron chi connectivity index (χ2n) is 6.34. The second-order valence-corrected chi connectivity index (χ2v) is 8.57. The third kappa shape index (κ3) is 3.99. The Balaban J connectivity index is 1.69. The first kappa shape index (κ1) is 17.4. The van der Waals surface area contributed by atoms with Crippen molar-refractivity contribution < 1.29 is 13.2 Å². The molecular formula is C18H21N3O3S. The maximum atomic E-state index is 12.3. The van der Waals surface area contributed by atoms with Crippen molar-refractivity contribution in [2.24, 2.45) is 0 Å². The molecule has 6 nitrogen and oxygen atoms in total. The average molecular weight is 359 g/mol. The van der Waals surface area contributed by atoms with E-state index in [0.717, 1.165) is 16.9 Å². The normalized spacial score (nSPS) is 18.7. The van der Waals surface area contributed by atoms with E-state index in [-0.39, 0.29) is 23.5 Å². The number of aromatic nitrogens is 1. The van der Waals surface area contributed by atoms with Gasteiger partial charge in [0.15, 0.2) is 9.84 Å². The number of sulfone groups is 1. The van der Waals surface area contributed by atoms with Gasteiger partial charge >= 0.3 is 0 Å². The minimum Gasteiger partial charge on any atom is -0.369 e. The summed E-state index contributed by atoms with van der Waals surface area (Å²) in [5.74, 6) is 0.123. The molecule has 0 aliphatic carbocycles. The Morgan fingerprint density at radius 3 is 2.60 bits per heavy atom. The van der Waals surface area contributed by atoms with E-state index in [4.69, 9.17) is 0 Å². The maximum absolute atomic E-state index is 12.3. The summed E-state index contributed by atoms with van der Waals surface area (Å²) in [4.78, 5) is 18.5. The highest BCUT2D eigenvalue weighted by Crippen LogP contribution is 2.22. The van der Waals surface area contributed by atoms with Crippen LogP contribution in [0.25, 0.3) is 0 Å². The van der Waals surface area contributed by atoms with E-state index in [1.54, 1.807) is 18.3 Å². The van der Waals surface area contributed by atoms with Crippen molar-refractivity contribution in [2.75, 3.05) is 28.8 Å². The Hall–Kier alpha value is -2.41. The molecule has 1 amide bonds. The second kappa shape index (κ2) is 6.84. The molecule has 132 valence electrons. The minimum atomic E-state index is -2.93. The van der Waals surface area contributed by atoms with Gasteiger partial charge in [-0.2, -0.15) is 0 Å². The first-order valence-electron chi connectivity index (χ1n) is 8.12. The lowest BCUT2D eigenvalue weighted by Gasteiger charge is -2.25. The van der Waals surface area contributed by atoms with Crippen molar-refractivity contribution in [3.05, 3.63) is 53.9 Å². The highest BCUT2D eigenvalue weighted by atomic mass is 32.2. The number of para-hydroxylation sites is 1. The zero-order chi connectivity index (χ0) is 18.0. The Bertz CT molecular complexity index is 879. The van der Waals surface area contributed by atoms with Crippen molar-refractivity contribution in [3.8, 4) is 0 Å². The molecule has 0 spiro atoms. The summed E-state index contributed by atoms with van der Waals surface area (Å²) in [6.45, 7) is 1.93. The Kier molecular flexibility index (Phi) is 4.76. The number of rotatable bonds is 4. The van der Waals surface area contributed by atoms with E-state index in [1.165, 1.54) is 0 Å². The highest BCUT2D eigenvalue weighted by molar-refractivity contribution is 7.91. The molecule has 7 heteroatoms. The van der Waals surface area contributed by atoms with Crippen LogP contribution < -0.4 is 10.2 Å². The van der Waals surface area contributed by atoms with Crippen molar-refractivity contribution in [3.63, 3.8) is 0 Å². The van der Waals surface area contributed by atoms with E-state index < -0.39 is 9.84 Å². The largest absolute Gasteiger partial charge is 0.369 e. The first-order valence-corrected chi connectivity index (χ1v) is 9.94. The summed E-state index contributed by atoms with van der Waals surface area (Å²) in [6.07, 6.45) is 2.23. The van der Waals surface area contributed by atoms with Gasteiger partial charge in [-0.15, -0.1) is 0 Å². The molecule has 1 aromatic heterocycles. The van der Waals surface area contributed by atoms with Crippen LogP contribution in [0.5, 0.6) is 0 Å². The van der Waals surface area contributed by atoms with Crippen molar-refractivity contribution in [2.45, 2.75) is 19.4 Å². The molecule has 0 bridgehead atoms. The van der Waals surface area contributed by atoms with Crippen LogP contribution in [0.4, 0.5) is 11.4 Å². The number of pyridine rings is 1. The predicted octanol–water partition coefficient (Wildman–Crippen LogP) is 2.27. The van der Waals surface area contributed by atoms with Crippen LogP contribution in [-0.2, 0) is 9.84 Å². The van der Waals surface area contributed by atoms with E-state index >= 15 is 0 Å². The molecule has 1 aliphatic heterocycles. The van der Waals surface area contributed by atoms with Crippen LogP contribution in [-0.4, -0.2) is 43.9 Å². The van der Waals surface area contributed by atoms with Crippen molar-refractivity contribution in [1.82, 2.24) is 4.98 Å². The van der Waals surface area contributed by atoms with Crippen LogP contribution >= 0.6 is 0 Å². The molecule has 2 aromatic rings. The van der Waals surface area contributed by atoms with Gasteiger partial charge in [0.2, 0.25) is 0 Å². The summed E-state index contributed by atoms with van der Waals surface area (Å²) in [5.41, 5.74) is 2.86. The predicted molar refractivity (Wildman–Crippen MR) is 98.8 cm³/mol. The van der Waals surface area contributed by atoms with Gasteiger partial charge < -0.3 is 10.2 Å². The lowest BCUT2D eigenvalue weighted by molar-refractivity contribution is 0.102. The summed E-state index contributed by atoms with van der Waals surface area (Å²) in [5, 5.41) is 2.85. The van der Waals surface area contributed by atoms with Crippen LogP contribution in [0.3, 0.4) is 0 Å². The zero-order valence-electron chi connectivity index (χ0n) is 14.3. The topological polar surface area (TPSA) is 79.4 Å². The lowest BCUT2D eigenvalue weighted by Crippen LogP contribution is -2.32. The highest BCUT2D eigenvalue weighted by Gasteiger charge is 2.30. The van der Waals surface area contributed by atoms with Gasteiger partial charge in [-0.25, -0.2) is 13.4 Å². The van der Waals surface area contributed by atoms with E-state index in [2.05, 4.69) is 10.3 Å². The summed E-state index contributed by atoms with van der Waals surface area (Å²) in [6, 6.07) is 11.0. The number of anilines is 2. The van der Waals surface area contributed by atoms with Gasteiger partial charge in [0.1, 0.15) is 5.69 Å². The van der Waals surface area contributed by atoms with Gasteiger partial charge in [0.25, 0.3) is 5.91 Å². The standard InChI is InChI=1S/C18H21N3O3S/c1-13-5-3-4-6-16(13)20-18(22)17-8-7-14(11-19-17)21(2)15-9-10-25(23,24)12-15/h3-8,11,15H,9-10,12H2,1-2H3,(H,20,22). The molecule has 1 aromatic carbocycles. The molecule has 1 unspecified atom stereocenters. The van der Waals surface area contributed by atoms with Crippen molar-refractivity contribution >= 4 is 27.1 Å². The van der Waals surface area contributed by atoms with Crippen LogP contribution in [0.1, 0.15) is 22.5 Å². The van der Waals surface area contributed by atoms with Gasteiger partial charge in [0.05, 0.1) is 23.4 Å². The van der Waals surface area contributed by atoms with Crippen molar-refractivity contribution in [1.29, 1.82) is 0 Å².